The second kappa shape index (κ2) is 8.58. The predicted octanol–water partition coefficient (Wildman–Crippen LogP) is 5.07. The second-order valence-corrected chi connectivity index (χ2v) is 9.09. The summed E-state index contributed by atoms with van der Waals surface area (Å²) >= 11 is 0. The molecule has 32 heavy (non-hydrogen) atoms. The standard InChI is InChI=1S/C24H30F2N6/c1-14-18(6-5-7-19(14)22(25)26)15(2)29-23-20-12-17(13-28-21(20)16(3)30-31-23)32-10-8-24(4,27)9-11-32/h5-7,12-13,15,22H,8-11,27H2,1-4H3,(H,29,31)/t15-/m1/s1. The largest absolute Gasteiger partial charge is 0.370 e. The first-order chi connectivity index (χ1) is 15.2. The lowest BCUT2D eigenvalue weighted by Crippen LogP contribution is -2.48. The summed E-state index contributed by atoms with van der Waals surface area (Å²) in [5, 5.41) is 12.9. The number of pyridine rings is 1. The van der Waals surface area contributed by atoms with Crippen molar-refractivity contribution >= 4 is 22.4 Å². The van der Waals surface area contributed by atoms with E-state index in [1.54, 1.807) is 13.0 Å². The van der Waals surface area contributed by atoms with Gasteiger partial charge in [0.15, 0.2) is 5.82 Å². The van der Waals surface area contributed by atoms with E-state index < -0.39 is 6.43 Å². The Bertz CT molecular complexity index is 1120. The van der Waals surface area contributed by atoms with Crippen LogP contribution in [0.25, 0.3) is 10.9 Å². The third-order valence-corrected chi connectivity index (χ3v) is 6.51. The Labute approximate surface area is 187 Å². The third-order valence-electron chi connectivity index (χ3n) is 6.51. The van der Waals surface area contributed by atoms with Crippen LogP contribution in [0, 0.1) is 13.8 Å². The molecule has 6 nitrogen and oxygen atoms in total. The molecular weight excluding hydrogens is 410 g/mol. The number of fused-ring (bicyclic) bond motifs is 1. The van der Waals surface area contributed by atoms with E-state index in [9.17, 15) is 8.78 Å². The molecule has 4 rings (SSSR count). The molecule has 3 N–H and O–H groups in total. The van der Waals surface area contributed by atoms with E-state index >= 15 is 0 Å². The Hall–Kier alpha value is -2.87. The van der Waals surface area contributed by atoms with Crippen molar-refractivity contribution in [3.63, 3.8) is 0 Å². The molecule has 1 aromatic carbocycles. The fourth-order valence-electron chi connectivity index (χ4n) is 4.36. The van der Waals surface area contributed by atoms with Crippen LogP contribution in [0.4, 0.5) is 20.3 Å². The van der Waals surface area contributed by atoms with Gasteiger partial charge in [0, 0.05) is 29.6 Å². The highest BCUT2D eigenvalue weighted by Gasteiger charge is 2.26. The van der Waals surface area contributed by atoms with Gasteiger partial charge in [-0.05, 0) is 57.7 Å². The number of benzene rings is 1. The SMILES string of the molecule is Cc1c(C(F)F)cccc1[C@@H](C)Nc1nnc(C)c2ncc(N3CCC(C)(N)CC3)cc12. The molecule has 3 heterocycles. The molecule has 0 radical (unpaired) electrons. The fraction of sp³-hybridized carbons (Fsp3) is 0.458. The van der Waals surface area contributed by atoms with Crippen LogP contribution >= 0.6 is 0 Å². The molecule has 0 saturated carbocycles. The van der Waals surface area contributed by atoms with E-state index in [0.717, 1.165) is 53.8 Å². The lowest BCUT2D eigenvalue weighted by Gasteiger charge is -2.38. The quantitative estimate of drug-likeness (QED) is 0.577. The van der Waals surface area contributed by atoms with E-state index in [4.69, 9.17) is 5.73 Å². The van der Waals surface area contributed by atoms with Gasteiger partial charge in [-0.1, -0.05) is 18.2 Å². The number of piperidine rings is 1. The minimum atomic E-state index is -2.51. The Morgan fingerprint density at radius 2 is 1.81 bits per heavy atom. The number of nitrogens with two attached hydrogens (primary N) is 1. The number of hydrogen-bond acceptors (Lipinski definition) is 6. The number of halogens is 2. The maximum absolute atomic E-state index is 13.4. The molecule has 0 unspecified atom stereocenters. The van der Waals surface area contributed by atoms with Gasteiger partial charge in [-0.3, -0.25) is 4.98 Å². The van der Waals surface area contributed by atoms with Crippen LogP contribution in [-0.2, 0) is 0 Å². The molecule has 0 spiro atoms. The van der Waals surface area contributed by atoms with Gasteiger partial charge < -0.3 is 16.0 Å². The van der Waals surface area contributed by atoms with Gasteiger partial charge in [0.25, 0.3) is 6.43 Å². The van der Waals surface area contributed by atoms with E-state index in [1.807, 2.05) is 26.1 Å². The zero-order chi connectivity index (χ0) is 23.0. The van der Waals surface area contributed by atoms with E-state index in [0.29, 0.717) is 11.4 Å². The van der Waals surface area contributed by atoms with Crippen molar-refractivity contribution in [3.8, 4) is 0 Å². The van der Waals surface area contributed by atoms with Gasteiger partial charge in [0.1, 0.15) is 0 Å². The number of aryl methyl sites for hydroxylation is 1. The number of aromatic nitrogens is 3. The summed E-state index contributed by atoms with van der Waals surface area (Å²) in [5.74, 6) is 0.593. The van der Waals surface area contributed by atoms with Crippen molar-refractivity contribution in [2.45, 2.75) is 58.5 Å². The fourth-order valence-corrected chi connectivity index (χ4v) is 4.36. The molecule has 1 atom stereocenters. The molecule has 170 valence electrons. The maximum atomic E-state index is 13.4. The molecule has 0 amide bonds. The van der Waals surface area contributed by atoms with Crippen molar-refractivity contribution < 1.29 is 8.78 Å². The van der Waals surface area contributed by atoms with Gasteiger partial charge >= 0.3 is 0 Å². The van der Waals surface area contributed by atoms with Gasteiger partial charge in [0.2, 0.25) is 0 Å². The van der Waals surface area contributed by atoms with Crippen molar-refractivity contribution in [2.24, 2.45) is 5.73 Å². The Balaban J connectivity index is 1.67. The van der Waals surface area contributed by atoms with E-state index in [2.05, 4.69) is 38.4 Å². The molecule has 0 aliphatic carbocycles. The minimum Gasteiger partial charge on any atom is -0.370 e. The Morgan fingerprint density at radius 3 is 2.50 bits per heavy atom. The van der Waals surface area contributed by atoms with Gasteiger partial charge in [-0.15, -0.1) is 5.10 Å². The molecule has 1 aliphatic rings. The summed E-state index contributed by atoms with van der Waals surface area (Å²) in [6.07, 6.45) is 1.20. The predicted molar refractivity (Wildman–Crippen MR) is 124 cm³/mol. The zero-order valence-corrected chi connectivity index (χ0v) is 19.0. The molecule has 1 saturated heterocycles. The number of rotatable bonds is 5. The van der Waals surface area contributed by atoms with E-state index in [1.165, 1.54) is 6.07 Å². The normalized spacial score (nSPS) is 17.1. The lowest BCUT2D eigenvalue weighted by atomic mass is 9.91. The van der Waals surface area contributed by atoms with Gasteiger partial charge in [-0.2, -0.15) is 5.10 Å². The van der Waals surface area contributed by atoms with E-state index in [-0.39, 0.29) is 17.1 Å². The third kappa shape index (κ3) is 4.37. The molecule has 2 aromatic heterocycles. The molecular formula is C24H30F2N6. The van der Waals surface area contributed by atoms with Crippen LogP contribution in [0.2, 0.25) is 0 Å². The molecule has 8 heteroatoms. The van der Waals surface area contributed by atoms with Crippen LogP contribution in [0.5, 0.6) is 0 Å². The van der Waals surface area contributed by atoms with Crippen LogP contribution in [0.1, 0.15) is 61.5 Å². The Kier molecular flexibility index (Phi) is 5.99. The first-order valence-electron chi connectivity index (χ1n) is 11.0. The summed E-state index contributed by atoms with van der Waals surface area (Å²) in [4.78, 5) is 6.97. The molecule has 0 bridgehead atoms. The average Bonchev–Trinajstić information content (AvgIpc) is 2.75. The smallest absolute Gasteiger partial charge is 0.264 e. The number of nitrogens with one attached hydrogen (secondary N) is 1. The van der Waals surface area contributed by atoms with Crippen molar-refractivity contribution in [1.29, 1.82) is 0 Å². The Morgan fingerprint density at radius 1 is 1.12 bits per heavy atom. The minimum absolute atomic E-state index is 0.0527. The topological polar surface area (TPSA) is 80.0 Å². The number of anilines is 2. The molecule has 1 aliphatic heterocycles. The maximum Gasteiger partial charge on any atom is 0.264 e. The van der Waals surface area contributed by atoms with Crippen LogP contribution in [0.3, 0.4) is 0 Å². The summed E-state index contributed by atoms with van der Waals surface area (Å²) in [7, 11) is 0. The zero-order valence-electron chi connectivity index (χ0n) is 19.0. The highest BCUT2D eigenvalue weighted by Crippen LogP contribution is 2.33. The highest BCUT2D eigenvalue weighted by molar-refractivity contribution is 5.92. The molecule has 1 fully saturated rings. The van der Waals surface area contributed by atoms with Crippen LogP contribution in [0.15, 0.2) is 30.5 Å². The number of alkyl halides is 2. The highest BCUT2D eigenvalue weighted by atomic mass is 19.3. The average molecular weight is 441 g/mol. The number of hydrogen-bond donors (Lipinski definition) is 2. The summed E-state index contributed by atoms with van der Waals surface area (Å²) in [6, 6.07) is 6.86. The lowest BCUT2D eigenvalue weighted by molar-refractivity contribution is 0.150. The first-order valence-corrected chi connectivity index (χ1v) is 11.0. The monoisotopic (exact) mass is 440 g/mol. The van der Waals surface area contributed by atoms with Crippen molar-refractivity contribution in [2.75, 3.05) is 23.3 Å². The summed E-state index contributed by atoms with van der Waals surface area (Å²) in [6.45, 7) is 9.39. The van der Waals surface area contributed by atoms with Gasteiger partial charge in [0.05, 0.1) is 29.1 Å². The van der Waals surface area contributed by atoms with Crippen LogP contribution in [-0.4, -0.2) is 33.8 Å². The summed E-state index contributed by atoms with van der Waals surface area (Å²) < 4.78 is 26.7. The first kappa shape index (κ1) is 22.3. The summed E-state index contributed by atoms with van der Waals surface area (Å²) in [5.41, 5.74) is 10.1. The second-order valence-electron chi connectivity index (χ2n) is 9.09. The molecule has 3 aromatic rings. The number of nitrogens with zero attached hydrogens (tertiary/aromatic N) is 4. The van der Waals surface area contributed by atoms with Crippen molar-refractivity contribution in [1.82, 2.24) is 15.2 Å². The van der Waals surface area contributed by atoms with Crippen LogP contribution < -0.4 is 16.0 Å². The van der Waals surface area contributed by atoms with Gasteiger partial charge in [-0.25, -0.2) is 8.78 Å². The van der Waals surface area contributed by atoms with Crippen molar-refractivity contribution in [3.05, 3.63) is 52.8 Å².